The van der Waals surface area contributed by atoms with Gasteiger partial charge in [0.15, 0.2) is 0 Å². The van der Waals surface area contributed by atoms with Crippen molar-refractivity contribution < 1.29 is 9.47 Å². The van der Waals surface area contributed by atoms with E-state index in [9.17, 15) is 0 Å². The van der Waals surface area contributed by atoms with Crippen LogP contribution in [0.2, 0.25) is 0 Å². The standard InChI is InChI=1S/C14H22N2O2/c1-11-13(5-3-7-15-11)18-10-8-16-12(2)14-6-4-9-17-14/h3,5,7,12,14,16H,4,6,8-10H2,1-2H3. The molecule has 0 saturated carbocycles. The summed E-state index contributed by atoms with van der Waals surface area (Å²) in [6.07, 6.45) is 4.49. The van der Waals surface area contributed by atoms with Crippen molar-refractivity contribution in [3.8, 4) is 5.75 Å². The molecule has 0 bridgehead atoms. The molecule has 2 atom stereocenters. The number of hydrogen-bond acceptors (Lipinski definition) is 4. The Morgan fingerprint density at radius 1 is 1.61 bits per heavy atom. The molecule has 2 unspecified atom stereocenters. The van der Waals surface area contributed by atoms with Crippen molar-refractivity contribution in [2.45, 2.75) is 38.8 Å². The van der Waals surface area contributed by atoms with Gasteiger partial charge in [-0.25, -0.2) is 0 Å². The third-order valence-electron chi connectivity index (χ3n) is 3.31. The average Bonchev–Trinajstić information content (AvgIpc) is 2.90. The average molecular weight is 250 g/mol. The maximum Gasteiger partial charge on any atom is 0.140 e. The SMILES string of the molecule is Cc1ncccc1OCCNC(C)C1CCCO1. The lowest BCUT2D eigenvalue weighted by molar-refractivity contribution is 0.0824. The Labute approximate surface area is 109 Å². The van der Waals surface area contributed by atoms with Crippen LogP contribution in [0.3, 0.4) is 0 Å². The van der Waals surface area contributed by atoms with Crippen LogP contribution in [0.25, 0.3) is 0 Å². The number of pyridine rings is 1. The van der Waals surface area contributed by atoms with E-state index < -0.39 is 0 Å². The van der Waals surface area contributed by atoms with Gasteiger partial charge in [0.2, 0.25) is 0 Å². The third-order valence-corrected chi connectivity index (χ3v) is 3.31. The molecule has 2 rings (SSSR count). The quantitative estimate of drug-likeness (QED) is 0.783. The van der Waals surface area contributed by atoms with Crippen LogP contribution < -0.4 is 10.1 Å². The number of ether oxygens (including phenoxy) is 2. The highest BCUT2D eigenvalue weighted by molar-refractivity contribution is 5.25. The zero-order chi connectivity index (χ0) is 12.8. The predicted octanol–water partition coefficient (Wildman–Crippen LogP) is 1.93. The highest BCUT2D eigenvalue weighted by Gasteiger charge is 2.21. The van der Waals surface area contributed by atoms with Crippen molar-refractivity contribution in [1.82, 2.24) is 10.3 Å². The van der Waals surface area contributed by atoms with Crippen molar-refractivity contribution in [3.63, 3.8) is 0 Å². The summed E-state index contributed by atoms with van der Waals surface area (Å²) < 4.78 is 11.3. The summed E-state index contributed by atoms with van der Waals surface area (Å²) in [7, 11) is 0. The molecule has 18 heavy (non-hydrogen) atoms. The van der Waals surface area contributed by atoms with Crippen LogP contribution in [0, 0.1) is 6.92 Å². The highest BCUT2D eigenvalue weighted by atomic mass is 16.5. The fourth-order valence-electron chi connectivity index (χ4n) is 2.20. The lowest BCUT2D eigenvalue weighted by atomic mass is 10.1. The van der Waals surface area contributed by atoms with Gasteiger partial charge in [0.25, 0.3) is 0 Å². The molecule has 2 heterocycles. The predicted molar refractivity (Wildman–Crippen MR) is 70.9 cm³/mol. The van der Waals surface area contributed by atoms with E-state index in [4.69, 9.17) is 9.47 Å². The van der Waals surface area contributed by atoms with E-state index in [1.54, 1.807) is 6.20 Å². The molecule has 1 saturated heterocycles. The van der Waals surface area contributed by atoms with Crippen LogP contribution in [0.15, 0.2) is 18.3 Å². The first-order valence-electron chi connectivity index (χ1n) is 6.67. The van der Waals surface area contributed by atoms with Crippen LogP contribution in [-0.2, 0) is 4.74 Å². The van der Waals surface area contributed by atoms with Gasteiger partial charge >= 0.3 is 0 Å². The highest BCUT2D eigenvalue weighted by Crippen LogP contribution is 2.15. The summed E-state index contributed by atoms with van der Waals surface area (Å²) >= 11 is 0. The first-order chi connectivity index (χ1) is 8.77. The molecule has 4 heteroatoms. The Hall–Kier alpha value is -1.13. The minimum atomic E-state index is 0.366. The molecule has 1 aromatic heterocycles. The van der Waals surface area contributed by atoms with Crippen molar-refractivity contribution in [2.75, 3.05) is 19.8 Å². The Morgan fingerprint density at radius 3 is 3.22 bits per heavy atom. The summed E-state index contributed by atoms with van der Waals surface area (Å²) in [5, 5.41) is 3.44. The summed E-state index contributed by atoms with van der Waals surface area (Å²) in [4.78, 5) is 4.19. The molecule has 0 aliphatic carbocycles. The Bertz CT molecular complexity index is 365. The second kappa shape index (κ2) is 6.71. The topological polar surface area (TPSA) is 43.4 Å². The first kappa shape index (κ1) is 13.3. The van der Waals surface area contributed by atoms with Gasteiger partial charge in [0.1, 0.15) is 12.4 Å². The number of nitrogens with one attached hydrogen (secondary N) is 1. The van der Waals surface area contributed by atoms with Crippen molar-refractivity contribution in [1.29, 1.82) is 0 Å². The smallest absolute Gasteiger partial charge is 0.140 e. The van der Waals surface area contributed by atoms with Gasteiger partial charge in [-0.1, -0.05) is 0 Å². The normalized spacial score (nSPS) is 20.9. The maximum absolute atomic E-state index is 5.68. The van der Waals surface area contributed by atoms with Crippen LogP contribution in [0.4, 0.5) is 0 Å². The first-order valence-corrected chi connectivity index (χ1v) is 6.67. The minimum absolute atomic E-state index is 0.366. The molecule has 1 aromatic rings. The van der Waals surface area contributed by atoms with Gasteiger partial charge in [-0.3, -0.25) is 4.98 Å². The van der Waals surface area contributed by atoms with E-state index in [0.29, 0.717) is 18.8 Å². The van der Waals surface area contributed by atoms with Gasteiger partial charge in [0.05, 0.1) is 11.8 Å². The summed E-state index contributed by atoms with van der Waals surface area (Å²) in [6, 6.07) is 4.24. The maximum atomic E-state index is 5.68. The third kappa shape index (κ3) is 3.68. The Balaban J connectivity index is 1.65. The van der Waals surface area contributed by atoms with E-state index >= 15 is 0 Å². The number of rotatable bonds is 6. The molecule has 4 nitrogen and oxygen atoms in total. The molecule has 0 amide bonds. The number of hydrogen-bond donors (Lipinski definition) is 1. The zero-order valence-electron chi connectivity index (χ0n) is 11.2. The molecule has 1 aliphatic heterocycles. The lowest BCUT2D eigenvalue weighted by Gasteiger charge is -2.20. The van der Waals surface area contributed by atoms with Gasteiger partial charge in [0, 0.05) is 25.4 Å². The fourth-order valence-corrected chi connectivity index (χ4v) is 2.20. The Kier molecular flexibility index (Phi) is 4.96. The molecule has 0 aromatic carbocycles. The number of nitrogens with zero attached hydrogens (tertiary/aromatic N) is 1. The molecule has 0 radical (unpaired) electrons. The Morgan fingerprint density at radius 2 is 2.50 bits per heavy atom. The van der Waals surface area contributed by atoms with Crippen LogP contribution in [-0.4, -0.2) is 36.9 Å². The van der Waals surface area contributed by atoms with Crippen molar-refractivity contribution >= 4 is 0 Å². The van der Waals surface area contributed by atoms with Crippen molar-refractivity contribution in [2.24, 2.45) is 0 Å². The van der Waals surface area contributed by atoms with E-state index in [1.807, 2.05) is 19.1 Å². The second-order valence-electron chi connectivity index (χ2n) is 4.73. The van der Waals surface area contributed by atoms with Gasteiger partial charge in [-0.05, 0) is 38.8 Å². The van der Waals surface area contributed by atoms with E-state index in [2.05, 4.69) is 17.2 Å². The second-order valence-corrected chi connectivity index (χ2v) is 4.73. The summed E-state index contributed by atoms with van der Waals surface area (Å²) in [5.41, 5.74) is 0.935. The minimum Gasteiger partial charge on any atom is -0.490 e. The van der Waals surface area contributed by atoms with Crippen LogP contribution in [0.5, 0.6) is 5.75 Å². The number of aromatic nitrogens is 1. The monoisotopic (exact) mass is 250 g/mol. The molecular formula is C14H22N2O2. The molecule has 100 valence electrons. The van der Waals surface area contributed by atoms with E-state index in [1.165, 1.54) is 6.42 Å². The van der Waals surface area contributed by atoms with Gasteiger partial charge in [-0.15, -0.1) is 0 Å². The molecule has 1 aliphatic rings. The van der Waals surface area contributed by atoms with Crippen molar-refractivity contribution in [3.05, 3.63) is 24.0 Å². The largest absolute Gasteiger partial charge is 0.490 e. The van der Waals surface area contributed by atoms with Crippen LogP contribution in [0.1, 0.15) is 25.5 Å². The lowest BCUT2D eigenvalue weighted by Crippen LogP contribution is -2.39. The van der Waals surface area contributed by atoms with E-state index in [-0.39, 0.29) is 0 Å². The molecule has 1 N–H and O–H groups in total. The fraction of sp³-hybridized carbons (Fsp3) is 0.643. The van der Waals surface area contributed by atoms with Gasteiger partial charge < -0.3 is 14.8 Å². The zero-order valence-corrected chi connectivity index (χ0v) is 11.2. The van der Waals surface area contributed by atoms with E-state index in [0.717, 1.165) is 31.0 Å². The van der Waals surface area contributed by atoms with Gasteiger partial charge in [-0.2, -0.15) is 0 Å². The molecule has 1 fully saturated rings. The molecular weight excluding hydrogens is 228 g/mol. The van der Waals surface area contributed by atoms with Crippen LogP contribution >= 0.6 is 0 Å². The molecule has 0 spiro atoms. The summed E-state index contributed by atoms with van der Waals surface area (Å²) in [5.74, 6) is 0.865. The summed E-state index contributed by atoms with van der Waals surface area (Å²) in [6.45, 7) is 6.52. The number of aryl methyl sites for hydroxylation is 1.